The second-order valence-electron chi connectivity index (χ2n) is 5.50. The quantitative estimate of drug-likeness (QED) is 0.897. The van der Waals surface area contributed by atoms with Crippen molar-refractivity contribution in [2.45, 2.75) is 32.8 Å². The summed E-state index contributed by atoms with van der Waals surface area (Å²) in [6, 6.07) is 9.22. The lowest BCUT2D eigenvalue weighted by atomic mass is 9.85. The van der Waals surface area contributed by atoms with Crippen molar-refractivity contribution in [2.75, 3.05) is 0 Å². The number of hydrogen-bond acceptors (Lipinski definition) is 1. The molecule has 2 aromatic carbocycles. The molecule has 106 valence electrons. The van der Waals surface area contributed by atoms with Gasteiger partial charge in [-0.15, -0.1) is 0 Å². The third kappa shape index (κ3) is 3.05. The molecule has 2 rings (SSSR count). The molecule has 0 saturated carbocycles. The molecule has 3 heteroatoms. The summed E-state index contributed by atoms with van der Waals surface area (Å²) in [6.07, 6.45) is 0.101. The summed E-state index contributed by atoms with van der Waals surface area (Å²) >= 11 is 0. The van der Waals surface area contributed by atoms with E-state index in [1.54, 1.807) is 6.92 Å². The van der Waals surface area contributed by atoms with Gasteiger partial charge in [-0.3, -0.25) is 0 Å². The average molecular weight is 276 g/mol. The zero-order valence-electron chi connectivity index (χ0n) is 11.9. The molecule has 0 saturated heterocycles. The highest BCUT2D eigenvalue weighted by Gasteiger charge is 2.26. The van der Waals surface area contributed by atoms with Gasteiger partial charge in [0.1, 0.15) is 11.6 Å². The lowest BCUT2D eigenvalue weighted by molar-refractivity contribution is 0.0559. The van der Waals surface area contributed by atoms with Crippen LogP contribution in [0.25, 0.3) is 0 Å². The summed E-state index contributed by atoms with van der Waals surface area (Å²) in [5.74, 6) is -1.24. The maximum absolute atomic E-state index is 13.7. The van der Waals surface area contributed by atoms with Gasteiger partial charge in [0.25, 0.3) is 0 Å². The van der Waals surface area contributed by atoms with Gasteiger partial charge in [0, 0.05) is 12.5 Å². The van der Waals surface area contributed by atoms with Crippen molar-refractivity contribution in [3.8, 4) is 0 Å². The molecule has 1 nitrogen and oxygen atoms in total. The molecule has 0 heterocycles. The van der Waals surface area contributed by atoms with Crippen LogP contribution in [0.2, 0.25) is 0 Å². The number of aliphatic hydroxyl groups is 1. The molecule has 0 fully saturated rings. The van der Waals surface area contributed by atoms with Crippen LogP contribution in [-0.2, 0) is 12.0 Å². The van der Waals surface area contributed by atoms with E-state index < -0.39 is 17.2 Å². The van der Waals surface area contributed by atoms with Crippen LogP contribution in [0.4, 0.5) is 8.78 Å². The molecule has 0 aliphatic rings. The number of rotatable bonds is 3. The van der Waals surface area contributed by atoms with E-state index in [9.17, 15) is 13.9 Å². The molecule has 0 radical (unpaired) electrons. The Labute approximate surface area is 117 Å². The van der Waals surface area contributed by atoms with Crippen molar-refractivity contribution in [1.82, 2.24) is 0 Å². The van der Waals surface area contributed by atoms with Crippen LogP contribution in [0.15, 0.2) is 36.4 Å². The van der Waals surface area contributed by atoms with Gasteiger partial charge in [-0.25, -0.2) is 8.78 Å². The predicted molar refractivity (Wildman–Crippen MR) is 75.5 cm³/mol. The van der Waals surface area contributed by atoms with E-state index >= 15 is 0 Å². The minimum Gasteiger partial charge on any atom is -0.385 e. The van der Waals surface area contributed by atoms with E-state index in [0.717, 1.165) is 22.8 Å². The third-order valence-electron chi connectivity index (χ3n) is 3.52. The fraction of sp³-hybridized carbons (Fsp3) is 0.294. The molecule has 1 atom stereocenters. The largest absolute Gasteiger partial charge is 0.385 e. The van der Waals surface area contributed by atoms with Crippen LogP contribution in [-0.4, -0.2) is 5.11 Å². The summed E-state index contributed by atoms with van der Waals surface area (Å²) in [7, 11) is 0. The predicted octanol–water partition coefficient (Wildman–Crippen LogP) is 4.03. The van der Waals surface area contributed by atoms with E-state index in [1.165, 1.54) is 12.1 Å². The van der Waals surface area contributed by atoms with Gasteiger partial charge < -0.3 is 5.11 Å². The van der Waals surface area contributed by atoms with Gasteiger partial charge >= 0.3 is 0 Å². The van der Waals surface area contributed by atoms with Gasteiger partial charge in [0.2, 0.25) is 0 Å². The fourth-order valence-electron chi connectivity index (χ4n) is 2.45. The van der Waals surface area contributed by atoms with Gasteiger partial charge in [0.05, 0.1) is 5.60 Å². The highest BCUT2D eigenvalue weighted by molar-refractivity contribution is 5.36. The molecule has 1 unspecified atom stereocenters. The van der Waals surface area contributed by atoms with E-state index in [1.807, 2.05) is 32.0 Å². The smallest absolute Gasteiger partial charge is 0.129 e. The molecule has 0 aliphatic carbocycles. The first-order valence-corrected chi connectivity index (χ1v) is 6.53. The second kappa shape index (κ2) is 5.33. The standard InChI is InChI=1S/C17H18F2O/c1-11-4-5-12(2)15(8-11)17(3,20)10-13-6-7-14(18)9-16(13)19/h4-9,20H,10H2,1-3H3. The minimum absolute atomic E-state index is 0.101. The molecule has 1 N–H and O–H groups in total. The Balaban J connectivity index is 2.37. The monoisotopic (exact) mass is 276 g/mol. The summed E-state index contributed by atoms with van der Waals surface area (Å²) in [6.45, 7) is 5.50. The Hall–Kier alpha value is -1.74. The van der Waals surface area contributed by atoms with Crippen molar-refractivity contribution in [2.24, 2.45) is 0 Å². The van der Waals surface area contributed by atoms with Gasteiger partial charge in [-0.05, 0) is 43.5 Å². The first-order chi connectivity index (χ1) is 9.29. The molecule has 0 spiro atoms. The molecule has 20 heavy (non-hydrogen) atoms. The summed E-state index contributed by atoms with van der Waals surface area (Å²) in [4.78, 5) is 0. The summed E-state index contributed by atoms with van der Waals surface area (Å²) in [5, 5.41) is 10.7. The van der Waals surface area contributed by atoms with Crippen LogP contribution < -0.4 is 0 Å². The van der Waals surface area contributed by atoms with Crippen molar-refractivity contribution in [3.05, 3.63) is 70.3 Å². The first kappa shape index (κ1) is 14.7. The van der Waals surface area contributed by atoms with Crippen molar-refractivity contribution in [3.63, 3.8) is 0 Å². The van der Waals surface area contributed by atoms with E-state index in [2.05, 4.69) is 0 Å². The summed E-state index contributed by atoms with van der Waals surface area (Å²) < 4.78 is 26.6. The van der Waals surface area contributed by atoms with E-state index in [4.69, 9.17) is 0 Å². The number of benzene rings is 2. The number of aryl methyl sites for hydroxylation is 2. The van der Waals surface area contributed by atoms with Gasteiger partial charge in [-0.2, -0.15) is 0 Å². The Kier molecular flexibility index (Phi) is 3.91. The maximum Gasteiger partial charge on any atom is 0.129 e. The lowest BCUT2D eigenvalue weighted by Gasteiger charge is -2.26. The Morgan fingerprint density at radius 3 is 2.40 bits per heavy atom. The fourth-order valence-corrected chi connectivity index (χ4v) is 2.45. The average Bonchev–Trinajstić information content (AvgIpc) is 2.35. The van der Waals surface area contributed by atoms with Crippen LogP contribution in [0.3, 0.4) is 0 Å². The number of halogens is 2. The van der Waals surface area contributed by atoms with Crippen LogP contribution in [0.1, 0.15) is 29.2 Å². The van der Waals surface area contributed by atoms with Crippen molar-refractivity contribution < 1.29 is 13.9 Å². The van der Waals surface area contributed by atoms with Gasteiger partial charge in [-0.1, -0.05) is 29.8 Å². The SMILES string of the molecule is Cc1ccc(C)c(C(C)(O)Cc2ccc(F)cc2F)c1. The topological polar surface area (TPSA) is 20.2 Å². The molecule has 0 aliphatic heterocycles. The molecule has 0 aromatic heterocycles. The highest BCUT2D eigenvalue weighted by Crippen LogP contribution is 2.29. The third-order valence-corrected chi connectivity index (χ3v) is 3.52. The molecule has 0 bridgehead atoms. The first-order valence-electron chi connectivity index (χ1n) is 6.53. The van der Waals surface area contributed by atoms with E-state index in [-0.39, 0.29) is 6.42 Å². The Morgan fingerprint density at radius 1 is 1.05 bits per heavy atom. The van der Waals surface area contributed by atoms with Crippen LogP contribution in [0.5, 0.6) is 0 Å². The lowest BCUT2D eigenvalue weighted by Crippen LogP contribution is -2.26. The molecular formula is C17H18F2O. The maximum atomic E-state index is 13.7. The second-order valence-corrected chi connectivity index (χ2v) is 5.50. The van der Waals surface area contributed by atoms with E-state index in [0.29, 0.717) is 5.56 Å². The van der Waals surface area contributed by atoms with Crippen molar-refractivity contribution in [1.29, 1.82) is 0 Å². The van der Waals surface area contributed by atoms with Crippen molar-refractivity contribution >= 4 is 0 Å². The zero-order chi connectivity index (χ0) is 14.9. The zero-order valence-corrected chi connectivity index (χ0v) is 11.9. The summed E-state index contributed by atoms with van der Waals surface area (Å²) in [5.41, 5.74) is 1.85. The Bertz CT molecular complexity index is 633. The normalized spacial score (nSPS) is 14.1. The molecular weight excluding hydrogens is 258 g/mol. The molecule has 2 aromatic rings. The van der Waals surface area contributed by atoms with Crippen LogP contribution in [0, 0.1) is 25.5 Å². The highest BCUT2D eigenvalue weighted by atomic mass is 19.1. The minimum atomic E-state index is -1.20. The number of hydrogen-bond donors (Lipinski definition) is 1. The van der Waals surface area contributed by atoms with Crippen LogP contribution >= 0.6 is 0 Å². The van der Waals surface area contributed by atoms with Gasteiger partial charge in [0.15, 0.2) is 0 Å². The Morgan fingerprint density at radius 2 is 1.75 bits per heavy atom. The molecule has 0 amide bonds.